The largest absolute Gasteiger partial charge is 0.391 e. The van der Waals surface area contributed by atoms with E-state index in [2.05, 4.69) is 20.7 Å². The Hall–Kier alpha value is -3.36. The summed E-state index contributed by atoms with van der Waals surface area (Å²) >= 11 is 5.90. The molecule has 2 rings (SSSR count). The van der Waals surface area contributed by atoms with E-state index in [1.807, 2.05) is 0 Å². The Kier molecular flexibility index (Phi) is 13.4. The molecule has 0 heterocycles. The van der Waals surface area contributed by atoms with E-state index in [-0.39, 0.29) is 10.7 Å². The minimum Gasteiger partial charge on any atom is -0.391 e. The fourth-order valence-corrected chi connectivity index (χ4v) is 4.84. The Morgan fingerprint density at radius 2 is 1.46 bits per heavy atom. The molecule has 12 nitrogen and oxygen atoms in total. The van der Waals surface area contributed by atoms with Crippen LogP contribution in [0.15, 0.2) is 53.4 Å². The molecule has 0 aliphatic carbocycles. The van der Waals surface area contributed by atoms with Gasteiger partial charge in [-0.15, -0.1) is 0 Å². The molecule has 0 aromatic heterocycles. The lowest BCUT2D eigenvalue weighted by Gasteiger charge is -2.21. The molecule has 2 aromatic carbocycles. The lowest BCUT2D eigenvalue weighted by Crippen LogP contribution is -2.55. The molecule has 0 saturated carbocycles. The third kappa shape index (κ3) is 11.2. The van der Waals surface area contributed by atoms with E-state index < -0.39 is 59.0 Å². The maximum absolute atomic E-state index is 12.7. The van der Waals surface area contributed by atoms with Crippen molar-refractivity contribution >= 4 is 45.1 Å². The van der Waals surface area contributed by atoms with Gasteiger partial charge in [-0.1, -0.05) is 35.9 Å². The second kappa shape index (κ2) is 16.2. The van der Waals surface area contributed by atoms with E-state index >= 15 is 0 Å². The zero-order chi connectivity index (χ0) is 30.6. The van der Waals surface area contributed by atoms with Crippen molar-refractivity contribution in [2.75, 3.05) is 19.6 Å². The molecule has 0 spiro atoms. The van der Waals surface area contributed by atoms with Gasteiger partial charge in [-0.05, 0) is 75.0 Å². The second-order valence-electron chi connectivity index (χ2n) is 9.37. The molecule has 14 heteroatoms. The van der Waals surface area contributed by atoms with Crippen molar-refractivity contribution in [3.05, 3.63) is 53.6 Å². The quantitative estimate of drug-likeness (QED) is 0.148. The summed E-state index contributed by atoms with van der Waals surface area (Å²) in [5.41, 5.74) is 7.05. The van der Waals surface area contributed by atoms with Gasteiger partial charge >= 0.3 is 0 Å². The second-order valence-corrected chi connectivity index (χ2v) is 11.6. The van der Waals surface area contributed by atoms with Crippen molar-refractivity contribution in [2.45, 2.75) is 56.2 Å². The van der Waals surface area contributed by atoms with Crippen LogP contribution in [0.4, 0.5) is 0 Å². The highest BCUT2D eigenvalue weighted by atomic mass is 35.5. The standard InChI is InChI=1S/C27H36ClN5O7S/c1-17(34)23(5-3-4-14-29)32-24(36)15-30-27(38)26(18(2)35)33-25(37)16-31-41(39,40)22-12-8-20(9-13-22)19-6-10-21(28)11-7-19/h6-13,18,23,26,31,35H,3-5,14-16,29H2,1-2H3,(H,30,38)(H,32,36)(H,33,37)/t18-,23+,26+/m1/s1. The number of hydrogen-bond acceptors (Lipinski definition) is 8. The SMILES string of the molecule is CC(=O)[C@H](CCCCN)NC(=O)CNC(=O)[C@@H](NC(=O)CNS(=O)(=O)c1ccc(-c2ccc(Cl)cc2)cc1)[C@@H](C)O. The number of ketones is 1. The summed E-state index contributed by atoms with van der Waals surface area (Å²) in [5.74, 6) is -2.62. The van der Waals surface area contributed by atoms with Gasteiger partial charge < -0.3 is 26.8 Å². The number of nitrogens with two attached hydrogens (primary N) is 1. The zero-order valence-electron chi connectivity index (χ0n) is 22.9. The summed E-state index contributed by atoms with van der Waals surface area (Å²) in [6, 6.07) is 10.8. The molecule has 224 valence electrons. The number of benzene rings is 2. The number of amides is 3. The number of carbonyl (C=O) groups is 4. The molecule has 0 aliphatic heterocycles. The van der Waals surface area contributed by atoms with Gasteiger partial charge in [0.05, 0.1) is 30.1 Å². The molecule has 0 unspecified atom stereocenters. The summed E-state index contributed by atoms with van der Waals surface area (Å²) in [6.45, 7) is 1.84. The number of hydrogen-bond donors (Lipinski definition) is 6. The average molecular weight is 610 g/mol. The van der Waals surface area contributed by atoms with E-state index in [1.54, 1.807) is 36.4 Å². The maximum Gasteiger partial charge on any atom is 0.245 e. The molecule has 41 heavy (non-hydrogen) atoms. The number of unbranched alkanes of at least 4 members (excludes halogenated alkanes) is 1. The van der Waals surface area contributed by atoms with Crippen LogP contribution in [0.3, 0.4) is 0 Å². The first kappa shape index (κ1) is 33.8. The van der Waals surface area contributed by atoms with Gasteiger partial charge in [-0.3, -0.25) is 19.2 Å². The fraction of sp³-hybridized carbons (Fsp3) is 0.407. The molecule has 3 atom stereocenters. The van der Waals surface area contributed by atoms with Crippen molar-refractivity contribution in [2.24, 2.45) is 5.73 Å². The average Bonchev–Trinajstić information content (AvgIpc) is 2.93. The van der Waals surface area contributed by atoms with E-state index in [4.69, 9.17) is 17.3 Å². The molecule has 0 bridgehead atoms. The highest BCUT2D eigenvalue weighted by Gasteiger charge is 2.27. The Bertz CT molecular complexity index is 1300. The zero-order valence-corrected chi connectivity index (χ0v) is 24.4. The van der Waals surface area contributed by atoms with Crippen LogP contribution in [0.2, 0.25) is 5.02 Å². The van der Waals surface area contributed by atoms with Gasteiger partial charge in [0.2, 0.25) is 27.7 Å². The summed E-state index contributed by atoms with van der Waals surface area (Å²) in [7, 11) is -4.07. The number of nitrogens with one attached hydrogen (secondary N) is 4. The third-order valence-electron chi connectivity index (χ3n) is 6.04. The molecule has 2 aromatic rings. The molecular weight excluding hydrogens is 574 g/mol. The number of carbonyl (C=O) groups excluding carboxylic acids is 4. The summed E-state index contributed by atoms with van der Waals surface area (Å²) < 4.78 is 27.5. The van der Waals surface area contributed by atoms with Crippen molar-refractivity contribution in [3.8, 4) is 11.1 Å². The predicted molar refractivity (Wildman–Crippen MR) is 154 cm³/mol. The number of sulfonamides is 1. The molecular formula is C27H36ClN5O7S. The number of rotatable bonds is 16. The topological polar surface area (TPSA) is 197 Å². The van der Waals surface area contributed by atoms with Crippen LogP contribution in [-0.4, -0.2) is 74.9 Å². The molecule has 0 radical (unpaired) electrons. The first-order valence-corrected chi connectivity index (χ1v) is 14.8. The van der Waals surface area contributed by atoms with E-state index in [0.29, 0.717) is 30.8 Å². The van der Waals surface area contributed by atoms with Crippen LogP contribution in [0.25, 0.3) is 11.1 Å². The van der Waals surface area contributed by atoms with Gasteiger partial charge in [0, 0.05) is 5.02 Å². The Balaban J connectivity index is 1.90. The normalized spacial score (nSPS) is 13.5. The van der Waals surface area contributed by atoms with Gasteiger partial charge in [0.1, 0.15) is 6.04 Å². The van der Waals surface area contributed by atoms with E-state index in [9.17, 15) is 32.7 Å². The first-order valence-electron chi connectivity index (χ1n) is 12.9. The minimum absolute atomic E-state index is 0.0780. The molecule has 0 fully saturated rings. The molecule has 7 N–H and O–H groups in total. The van der Waals surface area contributed by atoms with Crippen LogP contribution >= 0.6 is 11.6 Å². The smallest absolute Gasteiger partial charge is 0.245 e. The highest BCUT2D eigenvalue weighted by Crippen LogP contribution is 2.23. The maximum atomic E-state index is 12.7. The van der Waals surface area contributed by atoms with Gasteiger partial charge in [0.15, 0.2) is 5.78 Å². The highest BCUT2D eigenvalue weighted by molar-refractivity contribution is 7.89. The van der Waals surface area contributed by atoms with Crippen LogP contribution in [-0.2, 0) is 29.2 Å². The lowest BCUT2D eigenvalue weighted by atomic mass is 10.1. The predicted octanol–water partition coefficient (Wildman–Crippen LogP) is 0.470. The van der Waals surface area contributed by atoms with Crippen molar-refractivity contribution in [1.29, 1.82) is 0 Å². The van der Waals surface area contributed by atoms with Gasteiger partial charge in [-0.25, -0.2) is 13.1 Å². The first-order chi connectivity index (χ1) is 19.3. The lowest BCUT2D eigenvalue weighted by molar-refractivity contribution is -0.132. The monoisotopic (exact) mass is 609 g/mol. The molecule has 0 saturated heterocycles. The Morgan fingerprint density at radius 3 is 2.00 bits per heavy atom. The fourth-order valence-electron chi connectivity index (χ4n) is 3.74. The Morgan fingerprint density at radius 1 is 0.902 bits per heavy atom. The van der Waals surface area contributed by atoms with Crippen molar-refractivity contribution < 1.29 is 32.7 Å². The Labute approximate surface area is 244 Å². The third-order valence-corrected chi connectivity index (χ3v) is 7.71. The number of aliphatic hydroxyl groups excluding tert-OH is 1. The summed E-state index contributed by atoms with van der Waals surface area (Å²) in [5, 5.41) is 17.7. The molecule has 0 aliphatic rings. The van der Waals surface area contributed by atoms with Crippen molar-refractivity contribution in [3.63, 3.8) is 0 Å². The van der Waals surface area contributed by atoms with Gasteiger partial charge in [0.25, 0.3) is 0 Å². The van der Waals surface area contributed by atoms with Crippen molar-refractivity contribution in [1.82, 2.24) is 20.7 Å². The van der Waals surface area contributed by atoms with E-state index in [0.717, 1.165) is 11.1 Å². The number of aliphatic hydroxyl groups is 1. The van der Waals surface area contributed by atoms with Crippen LogP contribution in [0.5, 0.6) is 0 Å². The number of halogens is 1. The van der Waals surface area contributed by atoms with Crippen LogP contribution < -0.4 is 26.4 Å². The van der Waals surface area contributed by atoms with Crippen LogP contribution in [0.1, 0.15) is 33.1 Å². The van der Waals surface area contributed by atoms with Crippen LogP contribution in [0, 0.1) is 0 Å². The van der Waals surface area contributed by atoms with E-state index in [1.165, 1.54) is 26.0 Å². The summed E-state index contributed by atoms with van der Waals surface area (Å²) in [6.07, 6.45) is 0.377. The summed E-state index contributed by atoms with van der Waals surface area (Å²) in [4.78, 5) is 48.9. The molecule has 3 amide bonds. The number of Topliss-reactive ketones (excluding diaryl/α,β-unsaturated/α-hetero) is 1. The van der Waals surface area contributed by atoms with Gasteiger partial charge in [-0.2, -0.15) is 0 Å². The minimum atomic E-state index is -4.07.